The molecule has 7 nitrogen and oxygen atoms in total. The van der Waals surface area contributed by atoms with Gasteiger partial charge in [0.1, 0.15) is 22.0 Å². The summed E-state index contributed by atoms with van der Waals surface area (Å²) in [6.07, 6.45) is 1.32. The second-order valence-corrected chi connectivity index (χ2v) is 11.2. The molecule has 0 bridgehead atoms. The van der Waals surface area contributed by atoms with Crippen LogP contribution in [0.3, 0.4) is 0 Å². The standard InChI is InChI=1S/C24H30ClNO6S/c1-17-12-20(15-21(13-17)32-33(28,29)22-7-5-6-19(25)14-22)30-16-18-8-10-26(11-9-18)23(27)31-24(2,3)4/h5-7,12-15,18H,8-11,16H2,1-4H3. The number of hydrogen-bond donors (Lipinski definition) is 0. The van der Waals surface area contributed by atoms with Crippen molar-refractivity contribution in [1.82, 2.24) is 4.90 Å². The fourth-order valence-corrected chi connectivity index (χ4v) is 4.68. The number of nitrogens with zero attached hydrogens (tertiary/aromatic N) is 1. The number of ether oxygens (including phenoxy) is 2. The van der Waals surface area contributed by atoms with Crippen LogP contribution in [0, 0.1) is 12.8 Å². The first kappa shape index (κ1) is 25.2. The van der Waals surface area contributed by atoms with E-state index in [9.17, 15) is 13.2 Å². The van der Waals surface area contributed by atoms with Crippen molar-refractivity contribution in [1.29, 1.82) is 0 Å². The molecule has 0 saturated carbocycles. The molecule has 0 aromatic heterocycles. The third-order valence-corrected chi connectivity index (χ3v) is 6.55. The molecule has 0 atom stereocenters. The number of halogens is 1. The van der Waals surface area contributed by atoms with Crippen LogP contribution in [0.4, 0.5) is 4.79 Å². The molecule has 1 heterocycles. The summed E-state index contributed by atoms with van der Waals surface area (Å²) in [6.45, 7) is 9.09. The van der Waals surface area contributed by atoms with E-state index in [0.717, 1.165) is 18.4 Å². The minimum absolute atomic E-state index is 0.0179. The van der Waals surface area contributed by atoms with Crippen molar-refractivity contribution in [2.45, 2.75) is 51.0 Å². The highest BCUT2D eigenvalue weighted by Crippen LogP contribution is 2.28. The van der Waals surface area contributed by atoms with E-state index in [4.69, 9.17) is 25.3 Å². The first-order chi connectivity index (χ1) is 15.4. The highest BCUT2D eigenvalue weighted by atomic mass is 35.5. The molecule has 1 saturated heterocycles. The van der Waals surface area contributed by atoms with Crippen molar-refractivity contribution in [3.63, 3.8) is 0 Å². The van der Waals surface area contributed by atoms with E-state index < -0.39 is 15.7 Å². The van der Waals surface area contributed by atoms with Crippen molar-refractivity contribution in [2.75, 3.05) is 19.7 Å². The first-order valence-electron chi connectivity index (χ1n) is 10.8. The summed E-state index contributed by atoms with van der Waals surface area (Å²) in [6, 6.07) is 10.9. The van der Waals surface area contributed by atoms with Crippen LogP contribution in [0.25, 0.3) is 0 Å². The molecule has 1 aliphatic rings. The third kappa shape index (κ3) is 7.54. The van der Waals surface area contributed by atoms with E-state index in [1.54, 1.807) is 29.2 Å². The Bertz CT molecular complexity index is 1090. The molecule has 2 aromatic carbocycles. The van der Waals surface area contributed by atoms with Crippen molar-refractivity contribution >= 4 is 27.8 Å². The molecular formula is C24H30ClNO6S. The quantitative estimate of drug-likeness (QED) is 0.496. The largest absolute Gasteiger partial charge is 0.493 e. The second kappa shape index (κ2) is 10.2. The predicted molar refractivity (Wildman–Crippen MR) is 126 cm³/mol. The van der Waals surface area contributed by atoms with Gasteiger partial charge < -0.3 is 18.6 Å². The van der Waals surface area contributed by atoms with E-state index >= 15 is 0 Å². The smallest absolute Gasteiger partial charge is 0.410 e. The van der Waals surface area contributed by atoms with E-state index in [0.29, 0.717) is 30.5 Å². The Morgan fingerprint density at radius 2 is 1.76 bits per heavy atom. The molecule has 3 rings (SSSR count). The van der Waals surface area contributed by atoms with Crippen LogP contribution < -0.4 is 8.92 Å². The molecule has 0 unspecified atom stereocenters. The second-order valence-electron chi connectivity index (χ2n) is 9.20. The molecule has 0 radical (unpaired) electrons. The van der Waals surface area contributed by atoms with Gasteiger partial charge in [-0.2, -0.15) is 8.42 Å². The van der Waals surface area contributed by atoms with E-state index in [2.05, 4.69) is 0 Å². The number of piperidine rings is 1. The Morgan fingerprint density at radius 1 is 1.09 bits per heavy atom. The van der Waals surface area contributed by atoms with E-state index in [-0.39, 0.29) is 22.7 Å². The normalized spacial score (nSPS) is 15.2. The van der Waals surface area contributed by atoms with Gasteiger partial charge >= 0.3 is 16.2 Å². The number of benzene rings is 2. The van der Waals surface area contributed by atoms with Crippen molar-refractivity contribution in [3.05, 3.63) is 53.1 Å². The molecule has 2 aromatic rings. The zero-order valence-corrected chi connectivity index (χ0v) is 20.9. The summed E-state index contributed by atoms with van der Waals surface area (Å²) in [5, 5.41) is 0.311. The van der Waals surface area contributed by atoms with E-state index in [1.165, 1.54) is 12.1 Å². The van der Waals surface area contributed by atoms with Gasteiger partial charge in [-0.1, -0.05) is 17.7 Å². The number of hydrogen-bond acceptors (Lipinski definition) is 6. The Morgan fingerprint density at radius 3 is 2.39 bits per heavy atom. The summed E-state index contributed by atoms with van der Waals surface area (Å²) in [4.78, 5) is 13.9. The number of rotatable bonds is 6. The lowest BCUT2D eigenvalue weighted by atomic mass is 9.98. The molecule has 1 aliphatic heterocycles. The molecule has 180 valence electrons. The van der Waals surface area contributed by atoms with Crippen LogP contribution in [0.1, 0.15) is 39.2 Å². The Labute approximate surface area is 200 Å². The summed E-state index contributed by atoms with van der Waals surface area (Å²) in [7, 11) is -4.02. The van der Waals surface area contributed by atoms with Gasteiger partial charge in [0.2, 0.25) is 0 Å². The Hall–Kier alpha value is -2.45. The maximum Gasteiger partial charge on any atom is 0.410 e. The minimum atomic E-state index is -4.02. The predicted octanol–water partition coefficient (Wildman–Crippen LogP) is 5.44. The highest BCUT2D eigenvalue weighted by molar-refractivity contribution is 7.87. The highest BCUT2D eigenvalue weighted by Gasteiger charge is 2.27. The average molecular weight is 496 g/mol. The lowest BCUT2D eigenvalue weighted by molar-refractivity contribution is 0.0165. The summed E-state index contributed by atoms with van der Waals surface area (Å²) >= 11 is 5.91. The summed E-state index contributed by atoms with van der Waals surface area (Å²) in [5.74, 6) is 0.981. The molecule has 1 amide bonds. The van der Waals surface area contributed by atoms with Crippen molar-refractivity contribution in [2.24, 2.45) is 5.92 Å². The van der Waals surface area contributed by atoms with Gasteiger partial charge in [0.15, 0.2) is 0 Å². The van der Waals surface area contributed by atoms with Gasteiger partial charge in [-0.25, -0.2) is 4.79 Å². The molecule has 0 aliphatic carbocycles. The lowest BCUT2D eigenvalue weighted by Gasteiger charge is -2.33. The molecule has 33 heavy (non-hydrogen) atoms. The first-order valence-corrected chi connectivity index (χ1v) is 12.6. The molecule has 1 fully saturated rings. The average Bonchev–Trinajstić information content (AvgIpc) is 2.71. The fourth-order valence-electron chi connectivity index (χ4n) is 3.47. The Balaban J connectivity index is 1.57. The van der Waals surface area contributed by atoms with Crippen LogP contribution in [0.5, 0.6) is 11.5 Å². The fraction of sp³-hybridized carbons (Fsp3) is 0.458. The van der Waals surface area contributed by atoms with Crippen LogP contribution in [0.2, 0.25) is 5.02 Å². The topological polar surface area (TPSA) is 82.1 Å². The van der Waals surface area contributed by atoms with Crippen molar-refractivity contribution < 1.29 is 26.9 Å². The van der Waals surface area contributed by atoms with Gasteiger partial charge in [0.05, 0.1) is 6.61 Å². The summed E-state index contributed by atoms with van der Waals surface area (Å²) in [5.41, 5.74) is 0.297. The van der Waals surface area contributed by atoms with Gasteiger partial charge in [-0.15, -0.1) is 0 Å². The monoisotopic (exact) mass is 495 g/mol. The molecule has 9 heteroatoms. The van der Waals surface area contributed by atoms with Crippen LogP contribution in [-0.2, 0) is 14.9 Å². The van der Waals surface area contributed by atoms with Gasteiger partial charge in [0.25, 0.3) is 0 Å². The number of likely N-dealkylation sites (tertiary alicyclic amines) is 1. The third-order valence-electron chi connectivity index (χ3n) is 5.07. The Kier molecular flexibility index (Phi) is 7.80. The maximum absolute atomic E-state index is 12.6. The van der Waals surface area contributed by atoms with Crippen LogP contribution >= 0.6 is 11.6 Å². The zero-order valence-electron chi connectivity index (χ0n) is 19.3. The van der Waals surface area contributed by atoms with E-state index in [1.807, 2.05) is 33.8 Å². The number of carbonyl (C=O) groups is 1. The van der Waals surface area contributed by atoms with Crippen LogP contribution in [0.15, 0.2) is 47.4 Å². The lowest BCUT2D eigenvalue weighted by Crippen LogP contribution is -2.42. The zero-order chi connectivity index (χ0) is 24.2. The number of carbonyl (C=O) groups excluding carboxylic acids is 1. The van der Waals surface area contributed by atoms with Gasteiger partial charge in [0, 0.05) is 24.2 Å². The van der Waals surface area contributed by atoms with Crippen LogP contribution in [-0.4, -0.2) is 44.7 Å². The van der Waals surface area contributed by atoms with Crippen molar-refractivity contribution in [3.8, 4) is 11.5 Å². The maximum atomic E-state index is 12.6. The van der Waals surface area contributed by atoms with Gasteiger partial charge in [-0.3, -0.25) is 0 Å². The SMILES string of the molecule is Cc1cc(OCC2CCN(C(=O)OC(C)(C)C)CC2)cc(OS(=O)(=O)c2cccc(Cl)c2)c1. The van der Waals surface area contributed by atoms with Gasteiger partial charge in [-0.05, 0) is 82.3 Å². The molecule has 0 N–H and O–H groups in total. The molecule has 0 spiro atoms. The number of amides is 1. The molecular weight excluding hydrogens is 466 g/mol. The minimum Gasteiger partial charge on any atom is -0.493 e. The summed E-state index contributed by atoms with van der Waals surface area (Å²) < 4.78 is 41.9. The number of aryl methyl sites for hydroxylation is 1.